The first-order valence-electron chi connectivity index (χ1n) is 3.99. The van der Waals surface area contributed by atoms with Gasteiger partial charge in [-0.1, -0.05) is 0 Å². The van der Waals surface area contributed by atoms with Crippen molar-refractivity contribution < 1.29 is 19.4 Å². The molecule has 1 aliphatic rings. The summed E-state index contributed by atoms with van der Waals surface area (Å²) < 4.78 is 4.48. The molecule has 5 heteroatoms. The number of methoxy groups -OCH3 is 1. The molecular weight excluding hydrogens is 192 g/mol. The van der Waals surface area contributed by atoms with Crippen LogP contribution in [0.15, 0.2) is 0 Å². The van der Waals surface area contributed by atoms with Crippen LogP contribution in [0.2, 0.25) is 0 Å². The lowest BCUT2D eigenvalue weighted by Crippen LogP contribution is -2.33. The Morgan fingerprint density at radius 1 is 1.62 bits per heavy atom. The number of carbonyl (C=O) groups is 2. The van der Waals surface area contributed by atoms with E-state index in [1.54, 1.807) is 11.8 Å². The van der Waals surface area contributed by atoms with E-state index in [0.717, 1.165) is 5.75 Å². The van der Waals surface area contributed by atoms with Crippen LogP contribution in [0.3, 0.4) is 0 Å². The Kier molecular flexibility index (Phi) is 3.19. The van der Waals surface area contributed by atoms with Crippen molar-refractivity contribution in [3.8, 4) is 0 Å². The van der Waals surface area contributed by atoms with Crippen molar-refractivity contribution in [2.45, 2.75) is 12.8 Å². The quantitative estimate of drug-likeness (QED) is 0.687. The molecule has 1 fully saturated rings. The molecule has 0 aromatic carbocycles. The zero-order valence-corrected chi connectivity index (χ0v) is 8.23. The van der Waals surface area contributed by atoms with Crippen molar-refractivity contribution in [3.05, 3.63) is 0 Å². The molecule has 0 aromatic rings. The topological polar surface area (TPSA) is 63.6 Å². The number of ether oxygens (including phenoxy) is 1. The Hall–Kier alpha value is -0.710. The summed E-state index contributed by atoms with van der Waals surface area (Å²) in [6, 6.07) is 0. The van der Waals surface area contributed by atoms with E-state index in [0.29, 0.717) is 12.2 Å². The van der Waals surface area contributed by atoms with Crippen LogP contribution in [-0.2, 0) is 14.3 Å². The summed E-state index contributed by atoms with van der Waals surface area (Å²) in [6.07, 6.45) is 0.550. The molecule has 1 aliphatic heterocycles. The van der Waals surface area contributed by atoms with Gasteiger partial charge in [0.2, 0.25) is 0 Å². The van der Waals surface area contributed by atoms with Gasteiger partial charge in [0.25, 0.3) is 0 Å². The van der Waals surface area contributed by atoms with Crippen LogP contribution in [0.25, 0.3) is 0 Å². The third kappa shape index (κ3) is 2.15. The number of hydrogen-bond donors (Lipinski definition) is 1. The maximum Gasteiger partial charge on any atom is 0.311 e. The molecule has 0 saturated carbocycles. The standard InChI is InChI=1S/C8H12O4S/c1-12-6(9)4-8(7(10)11)2-3-13-5-8/h2-5H2,1H3,(H,10,11). The van der Waals surface area contributed by atoms with Crippen LogP contribution in [0, 0.1) is 5.41 Å². The first-order chi connectivity index (χ1) is 6.10. The first-order valence-corrected chi connectivity index (χ1v) is 5.14. The largest absolute Gasteiger partial charge is 0.481 e. The molecule has 1 N–H and O–H groups in total. The highest BCUT2D eigenvalue weighted by Gasteiger charge is 2.43. The molecule has 1 rings (SSSR count). The molecule has 1 saturated heterocycles. The van der Waals surface area contributed by atoms with Crippen molar-refractivity contribution in [1.29, 1.82) is 0 Å². The summed E-state index contributed by atoms with van der Waals surface area (Å²) in [5.41, 5.74) is -0.877. The molecule has 4 nitrogen and oxygen atoms in total. The van der Waals surface area contributed by atoms with Gasteiger partial charge in [-0.2, -0.15) is 11.8 Å². The monoisotopic (exact) mass is 204 g/mol. The van der Waals surface area contributed by atoms with Gasteiger partial charge >= 0.3 is 11.9 Å². The third-order valence-corrected chi connectivity index (χ3v) is 3.52. The fourth-order valence-electron chi connectivity index (χ4n) is 1.34. The van der Waals surface area contributed by atoms with E-state index in [-0.39, 0.29) is 6.42 Å². The second-order valence-electron chi connectivity index (χ2n) is 3.14. The van der Waals surface area contributed by atoms with Crippen LogP contribution in [0.4, 0.5) is 0 Å². The predicted octanol–water partition coefficient (Wildman–Crippen LogP) is 0.757. The average Bonchev–Trinajstić information content (AvgIpc) is 2.54. The van der Waals surface area contributed by atoms with Crippen molar-refractivity contribution >= 4 is 23.7 Å². The van der Waals surface area contributed by atoms with Gasteiger partial charge in [0.15, 0.2) is 0 Å². The Morgan fingerprint density at radius 3 is 2.69 bits per heavy atom. The van der Waals surface area contributed by atoms with Gasteiger partial charge in [-0.15, -0.1) is 0 Å². The van der Waals surface area contributed by atoms with E-state index in [9.17, 15) is 9.59 Å². The van der Waals surface area contributed by atoms with Gasteiger partial charge in [0.05, 0.1) is 18.9 Å². The highest BCUT2D eigenvalue weighted by molar-refractivity contribution is 7.99. The molecule has 1 atom stereocenters. The number of rotatable bonds is 3. The molecule has 0 spiro atoms. The van der Waals surface area contributed by atoms with Crippen LogP contribution < -0.4 is 0 Å². The number of carbonyl (C=O) groups excluding carboxylic acids is 1. The molecule has 0 aliphatic carbocycles. The number of carboxylic acids is 1. The number of carboxylic acid groups (broad SMARTS) is 1. The van der Waals surface area contributed by atoms with Crippen LogP contribution in [0.5, 0.6) is 0 Å². The average molecular weight is 204 g/mol. The second-order valence-corrected chi connectivity index (χ2v) is 4.25. The minimum atomic E-state index is -0.886. The van der Waals surface area contributed by atoms with Crippen molar-refractivity contribution in [2.75, 3.05) is 18.6 Å². The van der Waals surface area contributed by atoms with Crippen molar-refractivity contribution in [2.24, 2.45) is 5.41 Å². The maximum absolute atomic E-state index is 11.0. The highest BCUT2D eigenvalue weighted by atomic mass is 32.2. The Bertz CT molecular complexity index is 220. The number of esters is 1. The summed E-state index contributed by atoms with van der Waals surface area (Å²) in [5, 5.41) is 8.99. The van der Waals surface area contributed by atoms with Crippen LogP contribution in [-0.4, -0.2) is 35.7 Å². The van der Waals surface area contributed by atoms with E-state index < -0.39 is 17.4 Å². The number of thioether (sulfide) groups is 1. The lowest BCUT2D eigenvalue weighted by atomic mass is 9.84. The minimum absolute atomic E-state index is 0.00810. The normalized spacial score (nSPS) is 27.2. The molecule has 1 unspecified atom stereocenters. The van der Waals surface area contributed by atoms with Gasteiger partial charge in [0, 0.05) is 5.75 Å². The highest BCUT2D eigenvalue weighted by Crippen LogP contribution is 2.39. The van der Waals surface area contributed by atoms with Gasteiger partial charge in [-0.3, -0.25) is 9.59 Å². The fraction of sp³-hybridized carbons (Fsp3) is 0.750. The van der Waals surface area contributed by atoms with E-state index in [2.05, 4.69) is 4.74 Å². The second kappa shape index (κ2) is 4.00. The van der Waals surface area contributed by atoms with Crippen LogP contribution in [0.1, 0.15) is 12.8 Å². The molecule has 0 aromatic heterocycles. The van der Waals surface area contributed by atoms with Gasteiger partial charge in [0.1, 0.15) is 0 Å². The van der Waals surface area contributed by atoms with E-state index in [4.69, 9.17) is 5.11 Å². The Labute approximate surface area is 80.6 Å². The van der Waals surface area contributed by atoms with Crippen LogP contribution >= 0.6 is 11.8 Å². The zero-order chi connectivity index (χ0) is 9.90. The SMILES string of the molecule is COC(=O)CC1(C(=O)O)CCSC1. The minimum Gasteiger partial charge on any atom is -0.481 e. The molecule has 1 heterocycles. The van der Waals surface area contributed by atoms with E-state index in [1.165, 1.54) is 7.11 Å². The Morgan fingerprint density at radius 2 is 2.31 bits per heavy atom. The summed E-state index contributed by atoms with van der Waals surface area (Å²) in [5.74, 6) is -0.00594. The van der Waals surface area contributed by atoms with Gasteiger partial charge < -0.3 is 9.84 Å². The summed E-state index contributed by atoms with van der Waals surface area (Å²) in [6.45, 7) is 0. The molecule has 0 radical (unpaired) electrons. The number of hydrogen-bond acceptors (Lipinski definition) is 4. The van der Waals surface area contributed by atoms with Crippen molar-refractivity contribution in [3.63, 3.8) is 0 Å². The zero-order valence-electron chi connectivity index (χ0n) is 7.41. The molecule has 0 bridgehead atoms. The predicted molar refractivity (Wildman–Crippen MR) is 48.6 cm³/mol. The molecule has 74 valence electrons. The first kappa shape index (κ1) is 10.4. The lowest BCUT2D eigenvalue weighted by Gasteiger charge is -2.20. The maximum atomic E-state index is 11.0. The van der Waals surface area contributed by atoms with Gasteiger partial charge in [-0.05, 0) is 12.2 Å². The summed E-state index contributed by atoms with van der Waals surface area (Å²) in [7, 11) is 1.28. The summed E-state index contributed by atoms with van der Waals surface area (Å²) in [4.78, 5) is 21.9. The number of aliphatic carboxylic acids is 1. The fourth-order valence-corrected chi connectivity index (χ4v) is 2.78. The Balaban J connectivity index is 2.68. The summed E-state index contributed by atoms with van der Waals surface area (Å²) >= 11 is 1.57. The lowest BCUT2D eigenvalue weighted by molar-refractivity contribution is -0.155. The van der Waals surface area contributed by atoms with E-state index in [1.807, 2.05) is 0 Å². The smallest absolute Gasteiger partial charge is 0.311 e. The third-order valence-electron chi connectivity index (χ3n) is 2.27. The molecule has 0 amide bonds. The van der Waals surface area contributed by atoms with Crippen molar-refractivity contribution in [1.82, 2.24) is 0 Å². The molecule has 13 heavy (non-hydrogen) atoms. The van der Waals surface area contributed by atoms with Gasteiger partial charge in [-0.25, -0.2) is 0 Å². The van der Waals surface area contributed by atoms with E-state index >= 15 is 0 Å². The molecular formula is C8H12O4S.